The Morgan fingerprint density at radius 3 is 2.44 bits per heavy atom. The highest BCUT2D eigenvalue weighted by atomic mass is 79.9. The average Bonchev–Trinajstić information content (AvgIpc) is 3.04. The highest BCUT2D eigenvalue weighted by Gasteiger charge is 2.20. The van der Waals surface area contributed by atoms with Crippen molar-refractivity contribution < 1.29 is 9.84 Å². The lowest BCUT2D eigenvalue weighted by Crippen LogP contribution is -2.01. The van der Waals surface area contributed by atoms with Crippen LogP contribution in [-0.4, -0.2) is 18.3 Å². The number of hydrogen-bond acceptors (Lipinski definition) is 2. The fourth-order valence-corrected chi connectivity index (χ4v) is 2.77. The molecule has 0 aliphatic heterocycles. The first-order valence-corrected chi connectivity index (χ1v) is 7.00. The summed E-state index contributed by atoms with van der Waals surface area (Å²) in [7, 11) is 0. The predicted molar refractivity (Wildman–Crippen MR) is 70.8 cm³/mol. The first-order chi connectivity index (χ1) is 7.66. The van der Waals surface area contributed by atoms with Crippen LogP contribution in [0.4, 0.5) is 0 Å². The second-order valence-electron chi connectivity index (χ2n) is 4.18. The van der Waals surface area contributed by atoms with Gasteiger partial charge in [-0.15, -0.1) is 0 Å². The summed E-state index contributed by atoms with van der Waals surface area (Å²) >= 11 is 6.64. The van der Waals surface area contributed by atoms with Crippen LogP contribution >= 0.6 is 31.9 Å². The average molecular weight is 350 g/mol. The van der Waals surface area contributed by atoms with Crippen molar-refractivity contribution in [1.29, 1.82) is 0 Å². The largest absolute Gasteiger partial charge is 0.506 e. The molecule has 1 aromatic carbocycles. The number of aromatic hydroxyl groups is 1. The van der Waals surface area contributed by atoms with E-state index in [1.165, 1.54) is 12.8 Å². The third kappa shape index (κ3) is 3.47. The summed E-state index contributed by atoms with van der Waals surface area (Å²) in [5, 5.41) is 9.56. The lowest BCUT2D eigenvalue weighted by Gasteiger charge is -2.06. The first-order valence-electron chi connectivity index (χ1n) is 5.41. The lowest BCUT2D eigenvalue weighted by molar-refractivity contribution is 0.127. The van der Waals surface area contributed by atoms with Crippen molar-refractivity contribution in [3.63, 3.8) is 0 Å². The van der Waals surface area contributed by atoms with E-state index in [1.54, 1.807) is 0 Å². The molecule has 16 heavy (non-hydrogen) atoms. The minimum absolute atomic E-state index is 0.252. The molecule has 1 aliphatic rings. The Balaban J connectivity index is 1.83. The monoisotopic (exact) mass is 348 g/mol. The van der Waals surface area contributed by atoms with Gasteiger partial charge in [0.15, 0.2) is 0 Å². The summed E-state index contributed by atoms with van der Waals surface area (Å²) in [6.07, 6.45) is 3.54. The standard InChI is InChI=1S/C12H14Br2O2/c13-10-5-9(6-11(14)12(10)15)3-4-16-7-8-1-2-8/h5-6,8,15H,1-4,7H2. The van der Waals surface area contributed by atoms with Gasteiger partial charge in [-0.2, -0.15) is 0 Å². The van der Waals surface area contributed by atoms with E-state index >= 15 is 0 Å². The van der Waals surface area contributed by atoms with Crippen LogP contribution in [0.15, 0.2) is 21.1 Å². The molecule has 0 aromatic heterocycles. The number of phenolic OH excluding ortho intramolecular Hbond substituents is 1. The summed E-state index contributed by atoms with van der Waals surface area (Å²) in [5.41, 5.74) is 1.16. The quantitative estimate of drug-likeness (QED) is 0.817. The zero-order chi connectivity index (χ0) is 11.5. The molecular weight excluding hydrogens is 336 g/mol. The zero-order valence-electron chi connectivity index (χ0n) is 8.88. The normalized spacial score (nSPS) is 15.4. The van der Waals surface area contributed by atoms with E-state index < -0.39 is 0 Å². The van der Waals surface area contributed by atoms with E-state index in [1.807, 2.05) is 12.1 Å². The van der Waals surface area contributed by atoms with E-state index in [0.717, 1.165) is 40.1 Å². The minimum atomic E-state index is 0.252. The Hall–Kier alpha value is -0.0600. The van der Waals surface area contributed by atoms with Gasteiger partial charge in [0.2, 0.25) is 0 Å². The molecule has 88 valence electrons. The van der Waals surface area contributed by atoms with E-state index in [0.29, 0.717) is 0 Å². The maximum Gasteiger partial charge on any atom is 0.143 e. The van der Waals surface area contributed by atoms with Crippen LogP contribution in [0.1, 0.15) is 18.4 Å². The molecule has 2 nitrogen and oxygen atoms in total. The lowest BCUT2D eigenvalue weighted by atomic mass is 10.1. The van der Waals surface area contributed by atoms with Crippen molar-refractivity contribution in [2.24, 2.45) is 5.92 Å². The van der Waals surface area contributed by atoms with Crippen LogP contribution in [0, 0.1) is 5.92 Å². The molecule has 0 saturated heterocycles. The fourth-order valence-electron chi connectivity index (χ4n) is 1.49. The molecule has 1 aliphatic carbocycles. The summed E-state index contributed by atoms with van der Waals surface area (Å²) in [4.78, 5) is 0. The molecule has 1 aromatic rings. The zero-order valence-corrected chi connectivity index (χ0v) is 12.1. The van der Waals surface area contributed by atoms with Crippen LogP contribution in [0.25, 0.3) is 0 Å². The molecule has 0 radical (unpaired) electrons. The molecule has 0 amide bonds. The van der Waals surface area contributed by atoms with Crippen molar-refractivity contribution >= 4 is 31.9 Å². The molecule has 0 spiro atoms. The second kappa shape index (κ2) is 5.52. The molecule has 2 rings (SSSR count). The Morgan fingerprint density at radius 2 is 1.88 bits per heavy atom. The summed E-state index contributed by atoms with van der Waals surface area (Å²) in [6, 6.07) is 3.86. The van der Waals surface area contributed by atoms with Crippen LogP contribution in [0.2, 0.25) is 0 Å². The Labute approximate surface area is 112 Å². The van der Waals surface area contributed by atoms with E-state index in [4.69, 9.17) is 4.74 Å². The van der Waals surface area contributed by atoms with Gasteiger partial charge in [0, 0.05) is 6.61 Å². The third-order valence-electron chi connectivity index (χ3n) is 2.66. The molecule has 0 heterocycles. The van der Waals surface area contributed by atoms with Crippen LogP contribution in [0.5, 0.6) is 5.75 Å². The molecule has 0 unspecified atom stereocenters. The number of rotatable bonds is 5. The van der Waals surface area contributed by atoms with Gasteiger partial charge in [-0.25, -0.2) is 0 Å². The number of phenols is 1. The van der Waals surface area contributed by atoms with Gasteiger partial charge >= 0.3 is 0 Å². The number of ether oxygens (including phenoxy) is 1. The van der Waals surface area contributed by atoms with Crippen LogP contribution in [0.3, 0.4) is 0 Å². The molecule has 1 fully saturated rings. The molecule has 0 atom stereocenters. The van der Waals surface area contributed by atoms with Gasteiger partial charge in [0.1, 0.15) is 5.75 Å². The maximum absolute atomic E-state index is 9.56. The summed E-state index contributed by atoms with van der Waals surface area (Å²) in [6.45, 7) is 1.65. The molecular formula is C12H14Br2O2. The van der Waals surface area contributed by atoms with Crippen LogP contribution in [-0.2, 0) is 11.2 Å². The summed E-state index contributed by atoms with van der Waals surface area (Å²) in [5.74, 6) is 1.07. The molecule has 4 heteroatoms. The van der Waals surface area contributed by atoms with Crippen molar-refractivity contribution in [2.75, 3.05) is 13.2 Å². The topological polar surface area (TPSA) is 29.5 Å². The fraction of sp³-hybridized carbons (Fsp3) is 0.500. The second-order valence-corrected chi connectivity index (χ2v) is 5.89. The summed E-state index contributed by atoms with van der Waals surface area (Å²) < 4.78 is 7.02. The van der Waals surface area contributed by atoms with Gasteiger partial charge < -0.3 is 9.84 Å². The Bertz CT molecular complexity index is 352. The minimum Gasteiger partial charge on any atom is -0.506 e. The van der Waals surface area contributed by atoms with Gasteiger partial charge in [-0.1, -0.05) is 0 Å². The molecule has 1 N–H and O–H groups in total. The number of halogens is 2. The Morgan fingerprint density at radius 1 is 1.25 bits per heavy atom. The third-order valence-corrected chi connectivity index (χ3v) is 3.87. The van der Waals surface area contributed by atoms with E-state index in [9.17, 15) is 5.11 Å². The van der Waals surface area contributed by atoms with Crippen molar-refractivity contribution in [3.05, 3.63) is 26.6 Å². The maximum atomic E-state index is 9.56. The van der Waals surface area contributed by atoms with Gasteiger partial charge in [-0.05, 0) is 74.7 Å². The first kappa shape index (κ1) is 12.4. The van der Waals surface area contributed by atoms with Crippen LogP contribution < -0.4 is 0 Å². The highest BCUT2D eigenvalue weighted by molar-refractivity contribution is 9.11. The van der Waals surface area contributed by atoms with E-state index in [-0.39, 0.29) is 5.75 Å². The predicted octanol–water partition coefficient (Wildman–Crippen LogP) is 3.89. The van der Waals surface area contributed by atoms with Gasteiger partial charge in [0.05, 0.1) is 15.6 Å². The Kier molecular flexibility index (Phi) is 4.27. The molecule has 0 bridgehead atoms. The van der Waals surface area contributed by atoms with Crippen molar-refractivity contribution in [2.45, 2.75) is 19.3 Å². The molecule has 1 saturated carbocycles. The van der Waals surface area contributed by atoms with Gasteiger partial charge in [-0.3, -0.25) is 0 Å². The van der Waals surface area contributed by atoms with E-state index in [2.05, 4.69) is 31.9 Å². The number of hydrogen-bond donors (Lipinski definition) is 1. The smallest absolute Gasteiger partial charge is 0.143 e. The van der Waals surface area contributed by atoms with Crippen molar-refractivity contribution in [1.82, 2.24) is 0 Å². The highest BCUT2D eigenvalue weighted by Crippen LogP contribution is 2.33. The van der Waals surface area contributed by atoms with Gasteiger partial charge in [0.25, 0.3) is 0 Å². The van der Waals surface area contributed by atoms with Crippen molar-refractivity contribution in [3.8, 4) is 5.75 Å². The number of benzene rings is 1. The SMILES string of the molecule is Oc1c(Br)cc(CCOCC2CC2)cc1Br.